The molecule has 28 heavy (non-hydrogen) atoms. The first-order valence-corrected chi connectivity index (χ1v) is 8.49. The molecule has 2 aromatic rings. The largest absolute Gasteiger partial charge is 0.496 e. The number of esters is 1. The van der Waals surface area contributed by atoms with E-state index in [2.05, 4.69) is 4.99 Å². The van der Waals surface area contributed by atoms with Crippen molar-refractivity contribution in [3.63, 3.8) is 0 Å². The van der Waals surface area contributed by atoms with Gasteiger partial charge in [0.15, 0.2) is 17.2 Å². The predicted octanol–water partition coefficient (Wildman–Crippen LogP) is 3.37. The van der Waals surface area contributed by atoms with Crippen molar-refractivity contribution in [1.82, 2.24) is 0 Å². The first kappa shape index (κ1) is 19.3. The molecule has 0 saturated carbocycles. The molecule has 0 fully saturated rings. The van der Waals surface area contributed by atoms with Crippen LogP contribution in [0.15, 0.2) is 41.0 Å². The van der Waals surface area contributed by atoms with Crippen molar-refractivity contribution in [2.45, 2.75) is 6.92 Å². The zero-order valence-corrected chi connectivity index (χ0v) is 16.4. The Kier molecular flexibility index (Phi) is 5.54. The van der Waals surface area contributed by atoms with Gasteiger partial charge in [0.05, 0.1) is 34.0 Å². The lowest BCUT2D eigenvalue weighted by Gasteiger charge is -2.14. The van der Waals surface area contributed by atoms with E-state index in [4.69, 9.17) is 23.7 Å². The van der Waals surface area contributed by atoms with E-state index in [1.807, 2.05) is 19.1 Å². The molecule has 0 unspecified atom stereocenters. The highest BCUT2D eigenvalue weighted by atomic mass is 16.6. The summed E-state index contributed by atoms with van der Waals surface area (Å²) in [5, 5.41) is 0. The number of para-hydroxylation sites is 1. The number of cyclic esters (lactones) is 1. The molecule has 1 aliphatic rings. The lowest BCUT2D eigenvalue weighted by Crippen LogP contribution is -2.07. The Morgan fingerprint density at radius 1 is 0.893 bits per heavy atom. The second kappa shape index (κ2) is 8.04. The molecule has 0 atom stereocenters. The van der Waals surface area contributed by atoms with Crippen molar-refractivity contribution < 1.29 is 28.5 Å². The van der Waals surface area contributed by atoms with Gasteiger partial charge < -0.3 is 23.7 Å². The highest BCUT2D eigenvalue weighted by molar-refractivity contribution is 6.14. The summed E-state index contributed by atoms with van der Waals surface area (Å²) >= 11 is 0. The van der Waals surface area contributed by atoms with Gasteiger partial charge in [-0.3, -0.25) is 0 Å². The van der Waals surface area contributed by atoms with E-state index in [0.717, 1.165) is 5.56 Å². The number of ether oxygens (including phenoxy) is 5. The average molecular weight is 383 g/mol. The van der Waals surface area contributed by atoms with Crippen LogP contribution in [0.4, 0.5) is 0 Å². The topological polar surface area (TPSA) is 75.6 Å². The van der Waals surface area contributed by atoms with Gasteiger partial charge in [-0.2, -0.15) is 0 Å². The molecule has 146 valence electrons. The normalized spacial score (nSPS) is 14.5. The summed E-state index contributed by atoms with van der Waals surface area (Å²) < 4.78 is 26.9. The third-order valence-electron chi connectivity index (χ3n) is 4.29. The number of methoxy groups -OCH3 is 4. The van der Waals surface area contributed by atoms with E-state index >= 15 is 0 Å². The van der Waals surface area contributed by atoms with Crippen molar-refractivity contribution in [2.24, 2.45) is 4.99 Å². The number of hydrogen-bond acceptors (Lipinski definition) is 7. The minimum Gasteiger partial charge on any atom is -0.496 e. The number of carbonyl (C=O) groups is 1. The van der Waals surface area contributed by atoms with Crippen LogP contribution in [0.5, 0.6) is 23.0 Å². The maximum absolute atomic E-state index is 12.4. The van der Waals surface area contributed by atoms with Crippen LogP contribution in [0.1, 0.15) is 16.7 Å². The molecule has 0 aliphatic carbocycles. The van der Waals surface area contributed by atoms with E-state index in [-0.39, 0.29) is 11.6 Å². The summed E-state index contributed by atoms with van der Waals surface area (Å²) in [6.45, 7) is 1.91. The summed E-state index contributed by atoms with van der Waals surface area (Å²) in [6.07, 6.45) is 1.58. The van der Waals surface area contributed by atoms with Crippen molar-refractivity contribution in [3.05, 3.63) is 52.7 Å². The molecule has 1 heterocycles. The van der Waals surface area contributed by atoms with Crippen LogP contribution in [-0.2, 0) is 9.53 Å². The second-order valence-corrected chi connectivity index (χ2v) is 5.92. The van der Waals surface area contributed by atoms with Gasteiger partial charge in [-0.1, -0.05) is 12.1 Å². The summed E-state index contributed by atoms with van der Waals surface area (Å²) in [4.78, 5) is 16.7. The summed E-state index contributed by atoms with van der Waals surface area (Å²) in [6, 6.07) is 9.02. The molecule has 0 bridgehead atoms. The quantitative estimate of drug-likeness (QED) is 0.562. The van der Waals surface area contributed by atoms with Gasteiger partial charge in [-0.25, -0.2) is 9.79 Å². The standard InChI is InChI=1S/C21H21NO6/c1-12-7-6-8-14(17(12)25-3)20-22-15(21(23)28-20)11-13-9-10-16(24-2)19(27-5)18(13)26-4/h6-11H,1-5H3/b15-11-. The van der Waals surface area contributed by atoms with E-state index < -0.39 is 5.97 Å². The lowest BCUT2D eigenvalue weighted by molar-refractivity contribution is -0.129. The van der Waals surface area contributed by atoms with Gasteiger partial charge >= 0.3 is 5.97 Å². The Morgan fingerprint density at radius 2 is 1.61 bits per heavy atom. The highest BCUT2D eigenvalue weighted by Crippen LogP contribution is 2.41. The lowest BCUT2D eigenvalue weighted by atomic mass is 10.1. The first-order valence-electron chi connectivity index (χ1n) is 8.49. The van der Waals surface area contributed by atoms with Crippen LogP contribution in [0.2, 0.25) is 0 Å². The zero-order valence-electron chi connectivity index (χ0n) is 16.4. The molecule has 0 N–H and O–H groups in total. The smallest absolute Gasteiger partial charge is 0.363 e. The fraction of sp³-hybridized carbons (Fsp3) is 0.238. The number of aryl methyl sites for hydroxylation is 1. The number of nitrogens with zero attached hydrogens (tertiary/aromatic N) is 1. The Labute approximate surface area is 163 Å². The SMILES string of the molecule is COc1ccc(/C=C2\N=C(c3cccc(C)c3OC)OC2=O)c(OC)c1OC. The third kappa shape index (κ3) is 3.38. The molecule has 1 aliphatic heterocycles. The van der Waals surface area contributed by atoms with Gasteiger partial charge in [0, 0.05) is 5.56 Å². The maximum atomic E-state index is 12.4. The van der Waals surface area contributed by atoms with Crippen molar-refractivity contribution in [3.8, 4) is 23.0 Å². The van der Waals surface area contributed by atoms with E-state index in [0.29, 0.717) is 34.1 Å². The van der Waals surface area contributed by atoms with Gasteiger partial charge in [0.1, 0.15) is 5.75 Å². The molecule has 0 spiro atoms. The third-order valence-corrected chi connectivity index (χ3v) is 4.29. The first-order chi connectivity index (χ1) is 13.5. The van der Waals surface area contributed by atoms with Gasteiger partial charge in [-0.15, -0.1) is 0 Å². The molecule has 0 radical (unpaired) electrons. The van der Waals surface area contributed by atoms with Crippen LogP contribution in [0, 0.1) is 6.92 Å². The number of hydrogen-bond donors (Lipinski definition) is 0. The molecule has 3 rings (SSSR count). The zero-order chi connectivity index (χ0) is 20.3. The molecule has 2 aromatic carbocycles. The fourth-order valence-corrected chi connectivity index (χ4v) is 3.00. The van der Waals surface area contributed by atoms with Crippen LogP contribution in [0.3, 0.4) is 0 Å². The Balaban J connectivity index is 2.07. The van der Waals surface area contributed by atoms with Gasteiger partial charge in [-0.05, 0) is 36.8 Å². The van der Waals surface area contributed by atoms with Crippen molar-refractivity contribution in [1.29, 1.82) is 0 Å². The minimum atomic E-state index is -0.560. The second-order valence-electron chi connectivity index (χ2n) is 5.92. The number of aliphatic imine (C=N–C) groups is 1. The van der Waals surface area contributed by atoms with Crippen molar-refractivity contribution >= 4 is 17.9 Å². The van der Waals surface area contributed by atoms with Crippen LogP contribution >= 0.6 is 0 Å². The maximum Gasteiger partial charge on any atom is 0.363 e. The van der Waals surface area contributed by atoms with Gasteiger partial charge in [0.2, 0.25) is 11.6 Å². The number of benzene rings is 2. The predicted molar refractivity (Wildman–Crippen MR) is 104 cm³/mol. The van der Waals surface area contributed by atoms with Crippen LogP contribution in [-0.4, -0.2) is 40.3 Å². The van der Waals surface area contributed by atoms with E-state index in [9.17, 15) is 4.79 Å². The molecule has 0 amide bonds. The highest BCUT2D eigenvalue weighted by Gasteiger charge is 2.27. The van der Waals surface area contributed by atoms with Gasteiger partial charge in [0.25, 0.3) is 0 Å². The molecular formula is C21H21NO6. The molecule has 0 aromatic heterocycles. The monoisotopic (exact) mass is 383 g/mol. The fourth-order valence-electron chi connectivity index (χ4n) is 3.00. The molecule has 0 saturated heterocycles. The van der Waals surface area contributed by atoms with Crippen LogP contribution < -0.4 is 18.9 Å². The molecule has 7 nitrogen and oxygen atoms in total. The van der Waals surface area contributed by atoms with E-state index in [1.54, 1.807) is 31.4 Å². The Bertz CT molecular complexity index is 977. The van der Waals surface area contributed by atoms with Crippen LogP contribution in [0.25, 0.3) is 6.08 Å². The summed E-state index contributed by atoms with van der Waals surface area (Å²) in [5.41, 5.74) is 2.27. The number of carbonyl (C=O) groups excluding carboxylic acids is 1. The Hall–Kier alpha value is -3.48. The molecule has 7 heteroatoms. The van der Waals surface area contributed by atoms with Crippen molar-refractivity contribution in [2.75, 3.05) is 28.4 Å². The summed E-state index contributed by atoms with van der Waals surface area (Å²) in [7, 11) is 6.13. The average Bonchev–Trinajstić information content (AvgIpc) is 3.07. The molecular weight excluding hydrogens is 362 g/mol. The summed E-state index contributed by atoms with van der Waals surface area (Å²) in [5.74, 6) is 1.61. The van der Waals surface area contributed by atoms with E-state index in [1.165, 1.54) is 21.3 Å². The number of rotatable bonds is 6. The minimum absolute atomic E-state index is 0.143. The Morgan fingerprint density at radius 3 is 2.25 bits per heavy atom.